The maximum atomic E-state index is 12.5. The van der Waals surface area contributed by atoms with Crippen LogP contribution in [-0.2, 0) is 16.1 Å². The summed E-state index contributed by atoms with van der Waals surface area (Å²) in [7, 11) is 0. The van der Waals surface area contributed by atoms with Crippen molar-refractivity contribution < 1.29 is 9.53 Å². The normalized spacial score (nSPS) is 16.1. The van der Waals surface area contributed by atoms with E-state index in [1.165, 1.54) is 9.08 Å². The van der Waals surface area contributed by atoms with Crippen molar-refractivity contribution in [3.63, 3.8) is 0 Å². The molecule has 1 N–H and O–H groups in total. The number of rotatable bonds is 6. The predicted molar refractivity (Wildman–Crippen MR) is 104 cm³/mol. The van der Waals surface area contributed by atoms with Crippen LogP contribution >= 0.6 is 0 Å². The first-order chi connectivity index (χ1) is 13.7. The molecule has 1 saturated heterocycles. The number of pyridine rings is 1. The number of nitrogens with zero attached hydrogens (tertiary/aromatic N) is 4. The highest BCUT2D eigenvalue weighted by Gasteiger charge is 2.23. The van der Waals surface area contributed by atoms with E-state index < -0.39 is 0 Å². The maximum Gasteiger partial charge on any atom is 0.350 e. The van der Waals surface area contributed by atoms with Crippen molar-refractivity contribution in [2.75, 3.05) is 32.8 Å². The molecule has 0 spiro atoms. The van der Waals surface area contributed by atoms with Gasteiger partial charge in [0.1, 0.15) is 6.54 Å². The van der Waals surface area contributed by atoms with Crippen molar-refractivity contribution >= 4 is 11.6 Å². The summed E-state index contributed by atoms with van der Waals surface area (Å²) < 4.78 is 8.07. The molecule has 0 aliphatic carbocycles. The zero-order valence-electron chi connectivity index (χ0n) is 15.5. The molecule has 146 valence electrons. The van der Waals surface area contributed by atoms with Crippen molar-refractivity contribution in [3.8, 4) is 0 Å². The highest BCUT2D eigenvalue weighted by molar-refractivity contribution is 5.75. The van der Waals surface area contributed by atoms with Crippen molar-refractivity contribution in [3.05, 3.63) is 70.8 Å². The largest absolute Gasteiger partial charge is 0.379 e. The van der Waals surface area contributed by atoms with Crippen LogP contribution in [0.2, 0.25) is 0 Å². The van der Waals surface area contributed by atoms with Gasteiger partial charge in [-0.25, -0.2) is 9.48 Å². The molecule has 0 bridgehead atoms. The Morgan fingerprint density at radius 2 is 1.86 bits per heavy atom. The first-order valence-corrected chi connectivity index (χ1v) is 9.40. The lowest BCUT2D eigenvalue weighted by Gasteiger charge is -2.34. The second kappa shape index (κ2) is 8.37. The molecule has 1 aliphatic heterocycles. The number of amides is 1. The number of carbonyl (C=O) groups is 1. The van der Waals surface area contributed by atoms with Crippen LogP contribution in [0.3, 0.4) is 0 Å². The summed E-state index contributed by atoms with van der Waals surface area (Å²) in [5, 5.41) is 7.17. The number of fused-ring (bicyclic) bond motifs is 1. The van der Waals surface area contributed by atoms with Gasteiger partial charge in [0, 0.05) is 25.8 Å². The van der Waals surface area contributed by atoms with Crippen molar-refractivity contribution in [2.45, 2.75) is 12.6 Å². The van der Waals surface area contributed by atoms with E-state index in [9.17, 15) is 9.59 Å². The fraction of sp³-hybridized carbons (Fsp3) is 0.350. The second-order valence-corrected chi connectivity index (χ2v) is 6.75. The second-order valence-electron chi connectivity index (χ2n) is 6.75. The molecule has 28 heavy (non-hydrogen) atoms. The summed E-state index contributed by atoms with van der Waals surface area (Å²) in [6.07, 6.45) is 1.64. The highest BCUT2D eigenvalue weighted by Crippen LogP contribution is 2.21. The highest BCUT2D eigenvalue weighted by atomic mass is 16.5. The van der Waals surface area contributed by atoms with Crippen LogP contribution in [0.25, 0.3) is 5.65 Å². The topological polar surface area (TPSA) is 80.9 Å². The lowest BCUT2D eigenvalue weighted by molar-refractivity contribution is -0.122. The number of benzene rings is 1. The Kier molecular flexibility index (Phi) is 5.50. The van der Waals surface area contributed by atoms with E-state index in [2.05, 4.69) is 27.4 Å². The van der Waals surface area contributed by atoms with E-state index in [0.29, 0.717) is 25.4 Å². The third kappa shape index (κ3) is 3.97. The summed E-state index contributed by atoms with van der Waals surface area (Å²) in [6.45, 7) is 3.38. The zero-order chi connectivity index (χ0) is 19.3. The molecule has 1 atom stereocenters. The van der Waals surface area contributed by atoms with Crippen molar-refractivity contribution in [2.24, 2.45) is 0 Å². The van der Waals surface area contributed by atoms with E-state index in [4.69, 9.17) is 4.74 Å². The lowest BCUT2D eigenvalue weighted by Crippen LogP contribution is -2.44. The molecule has 3 heterocycles. The molecule has 0 saturated carbocycles. The molecule has 2 aromatic heterocycles. The Bertz CT molecular complexity index is 992. The minimum absolute atomic E-state index is 0.0619. The third-order valence-corrected chi connectivity index (χ3v) is 4.95. The van der Waals surface area contributed by atoms with E-state index in [1.807, 2.05) is 18.2 Å². The Morgan fingerprint density at radius 3 is 2.61 bits per heavy atom. The average Bonchev–Trinajstić information content (AvgIpc) is 3.05. The third-order valence-electron chi connectivity index (χ3n) is 4.95. The van der Waals surface area contributed by atoms with E-state index in [0.717, 1.165) is 18.7 Å². The Morgan fingerprint density at radius 1 is 1.11 bits per heavy atom. The Balaban J connectivity index is 1.45. The molecule has 1 amide bonds. The monoisotopic (exact) mass is 381 g/mol. The van der Waals surface area contributed by atoms with Crippen LogP contribution in [0.4, 0.5) is 0 Å². The molecular weight excluding hydrogens is 358 g/mol. The molecular formula is C20H23N5O3. The molecule has 1 unspecified atom stereocenters. The van der Waals surface area contributed by atoms with Crippen LogP contribution in [0.15, 0.2) is 59.5 Å². The van der Waals surface area contributed by atoms with Gasteiger partial charge in [-0.3, -0.25) is 14.1 Å². The van der Waals surface area contributed by atoms with E-state index in [-0.39, 0.29) is 24.2 Å². The van der Waals surface area contributed by atoms with Gasteiger partial charge >= 0.3 is 5.69 Å². The van der Waals surface area contributed by atoms with Gasteiger partial charge in [0.2, 0.25) is 5.91 Å². The summed E-state index contributed by atoms with van der Waals surface area (Å²) in [5.74, 6) is -0.236. The van der Waals surface area contributed by atoms with Gasteiger partial charge < -0.3 is 10.1 Å². The summed E-state index contributed by atoms with van der Waals surface area (Å²) in [5.41, 5.74) is 1.35. The number of nitrogens with one attached hydrogen (secondary N) is 1. The standard InChI is InChI=1S/C20H23N5O3/c26-19(15-25-20(27)24-9-5-4-8-18(24)22-25)21-14-17(16-6-2-1-3-7-16)23-10-12-28-13-11-23/h1-9,17H,10-15H2,(H,21,26). The van der Waals surface area contributed by atoms with Gasteiger partial charge in [-0.1, -0.05) is 36.4 Å². The Labute approximate surface area is 162 Å². The van der Waals surface area contributed by atoms with Crippen LogP contribution in [-0.4, -0.2) is 57.8 Å². The predicted octanol–water partition coefficient (Wildman–Crippen LogP) is 0.686. The van der Waals surface area contributed by atoms with E-state index in [1.54, 1.807) is 24.4 Å². The van der Waals surface area contributed by atoms with Gasteiger partial charge in [0.05, 0.1) is 19.3 Å². The van der Waals surface area contributed by atoms with Gasteiger partial charge in [-0.2, -0.15) is 0 Å². The Hall–Kier alpha value is -2.97. The molecule has 1 aliphatic rings. The van der Waals surface area contributed by atoms with Gasteiger partial charge in [0.25, 0.3) is 0 Å². The van der Waals surface area contributed by atoms with Gasteiger partial charge in [-0.05, 0) is 17.7 Å². The first-order valence-electron chi connectivity index (χ1n) is 9.40. The minimum atomic E-state index is -0.321. The number of ether oxygens (including phenoxy) is 1. The maximum absolute atomic E-state index is 12.5. The SMILES string of the molecule is O=C(Cn1nc2ccccn2c1=O)NCC(c1ccccc1)N1CCOCC1. The lowest BCUT2D eigenvalue weighted by atomic mass is 10.0. The summed E-state index contributed by atoms with van der Waals surface area (Å²) in [6, 6.07) is 15.5. The molecule has 3 aromatic rings. The molecule has 1 fully saturated rings. The molecule has 1 aromatic carbocycles. The average molecular weight is 381 g/mol. The molecule has 8 nitrogen and oxygen atoms in total. The smallest absolute Gasteiger partial charge is 0.350 e. The molecule has 0 radical (unpaired) electrons. The quantitative estimate of drug-likeness (QED) is 0.679. The molecule has 8 heteroatoms. The number of hydrogen-bond acceptors (Lipinski definition) is 5. The number of aromatic nitrogens is 3. The van der Waals surface area contributed by atoms with E-state index >= 15 is 0 Å². The van der Waals surface area contributed by atoms with Gasteiger partial charge in [-0.15, -0.1) is 5.10 Å². The summed E-state index contributed by atoms with van der Waals surface area (Å²) in [4.78, 5) is 27.1. The van der Waals surface area contributed by atoms with Crippen molar-refractivity contribution in [1.82, 2.24) is 24.4 Å². The number of carbonyl (C=O) groups excluding carboxylic acids is 1. The zero-order valence-corrected chi connectivity index (χ0v) is 15.5. The molecule has 4 rings (SSSR count). The number of hydrogen-bond donors (Lipinski definition) is 1. The van der Waals surface area contributed by atoms with Gasteiger partial charge in [0.15, 0.2) is 5.65 Å². The first kappa shape index (κ1) is 18.4. The van der Waals surface area contributed by atoms with Crippen LogP contribution in [0.5, 0.6) is 0 Å². The van der Waals surface area contributed by atoms with Crippen molar-refractivity contribution in [1.29, 1.82) is 0 Å². The van der Waals surface area contributed by atoms with Crippen LogP contribution < -0.4 is 11.0 Å². The minimum Gasteiger partial charge on any atom is -0.379 e. The fourth-order valence-electron chi connectivity index (χ4n) is 3.50. The van der Waals surface area contributed by atoms with Crippen LogP contribution in [0.1, 0.15) is 11.6 Å². The fourth-order valence-corrected chi connectivity index (χ4v) is 3.50. The number of morpholine rings is 1. The van der Waals surface area contributed by atoms with Crippen LogP contribution in [0, 0.1) is 0 Å². The summed E-state index contributed by atoms with van der Waals surface area (Å²) >= 11 is 0.